The Hall–Kier alpha value is -6.52. The van der Waals surface area contributed by atoms with Crippen LogP contribution in [-0.4, -0.2) is 44.9 Å². The van der Waals surface area contributed by atoms with Crippen LogP contribution in [0, 0.1) is 61.8 Å². The minimum atomic E-state index is -1.44. The molecule has 0 aliphatic carbocycles. The summed E-state index contributed by atoms with van der Waals surface area (Å²) >= 11 is 0. The summed E-state index contributed by atoms with van der Waals surface area (Å²) in [6.45, 7) is 25.4. The van der Waals surface area contributed by atoms with Crippen LogP contribution in [0.4, 0.5) is 36.7 Å². The van der Waals surface area contributed by atoms with Crippen molar-refractivity contribution in [2.75, 3.05) is 0 Å². The average Bonchev–Trinajstić information content (AvgIpc) is 3.06. The van der Waals surface area contributed by atoms with Crippen LogP contribution in [0.3, 0.4) is 0 Å². The number of allylic oxidation sites excluding steroid dienone is 3. The molecule has 0 bridgehead atoms. The van der Waals surface area contributed by atoms with Crippen molar-refractivity contribution >= 4 is 39.7 Å². The normalized spacial score (nSPS) is 10.6. The topological polar surface area (TPSA) is 133 Å². The Balaban J connectivity index is 0.000000169. The van der Waals surface area contributed by atoms with E-state index in [9.17, 15) is 30.7 Å². The maximum Gasteiger partial charge on any atom is 0.423 e. The number of rotatable bonds is 3. The fraction of sp³-hybridized carbons (Fsp3) is 0.167. The van der Waals surface area contributed by atoms with Gasteiger partial charge < -0.3 is 4.85 Å². The average molecular weight is 699 g/mol. The van der Waals surface area contributed by atoms with Crippen LogP contribution in [0.15, 0.2) is 32.4 Å². The van der Waals surface area contributed by atoms with E-state index in [1.54, 1.807) is 24.6 Å². The number of aromatic nitrogens is 12. The van der Waals surface area contributed by atoms with Gasteiger partial charge in [-0.2, -0.15) is 44.5 Å². The van der Waals surface area contributed by atoms with E-state index in [4.69, 9.17) is 6.57 Å². The lowest BCUT2D eigenvalue weighted by molar-refractivity contribution is -0.561. The maximum atomic E-state index is 13.8. The van der Waals surface area contributed by atoms with Crippen molar-refractivity contribution < 1.29 is 43.9 Å². The van der Waals surface area contributed by atoms with E-state index in [0.29, 0.717) is 27.4 Å². The summed E-state index contributed by atoms with van der Waals surface area (Å²) in [4.78, 5) is 35.9. The van der Waals surface area contributed by atoms with Gasteiger partial charge in [-0.1, -0.05) is 34.7 Å². The second-order valence-electron chi connectivity index (χ2n) is 10.2. The molecule has 0 N–H and O–H groups in total. The molecule has 13 nitrogen and oxygen atoms in total. The summed E-state index contributed by atoms with van der Waals surface area (Å²) in [6, 6.07) is 0. The fourth-order valence-electron chi connectivity index (χ4n) is 4.00. The molecule has 0 spiro atoms. The number of halogens is 7. The van der Waals surface area contributed by atoms with E-state index >= 15 is 0 Å². The Morgan fingerprint density at radius 1 is 0.640 bits per heavy atom. The van der Waals surface area contributed by atoms with Crippen molar-refractivity contribution in [1.29, 1.82) is 0 Å². The van der Waals surface area contributed by atoms with Gasteiger partial charge in [0.15, 0.2) is 12.0 Å². The summed E-state index contributed by atoms with van der Waals surface area (Å²) in [6.07, 6.45) is 1.41. The first-order valence-electron chi connectivity index (χ1n) is 13.8. The zero-order valence-electron chi connectivity index (χ0n) is 26.7. The SMILES string of the molecule is C=C(C)c1nc(F)c(F)c2nc(C)c(F)c(F)[n+]12.C=C(C)c1nc(F)c(F)c2nc(F)nc[n+]12.[C-]#[N+]c1nc(C(=C)C)[n+]2cnc(C)nc2n1. The van der Waals surface area contributed by atoms with Gasteiger partial charge in [0.25, 0.3) is 29.1 Å². The van der Waals surface area contributed by atoms with Gasteiger partial charge in [-0.3, -0.25) is 0 Å². The minimum Gasteiger partial charge on any atom is -0.405 e. The van der Waals surface area contributed by atoms with E-state index in [1.807, 2.05) is 6.92 Å². The number of hydrogen-bond donors (Lipinski definition) is 0. The molecule has 0 unspecified atom stereocenters. The van der Waals surface area contributed by atoms with Crippen LogP contribution in [0.25, 0.3) is 38.6 Å². The molecule has 6 heterocycles. The lowest BCUT2D eigenvalue weighted by Gasteiger charge is -2.03. The highest BCUT2D eigenvalue weighted by atomic mass is 19.2. The van der Waals surface area contributed by atoms with Gasteiger partial charge in [0.2, 0.25) is 29.6 Å². The summed E-state index contributed by atoms with van der Waals surface area (Å²) in [7, 11) is 0. The van der Waals surface area contributed by atoms with Gasteiger partial charge in [0.1, 0.15) is 0 Å². The summed E-state index contributed by atoms with van der Waals surface area (Å²) in [5.74, 6) is -6.86. The molecule has 50 heavy (non-hydrogen) atoms. The molecule has 6 aromatic heterocycles. The predicted octanol–water partition coefficient (Wildman–Crippen LogP) is 4.07. The molecule has 0 saturated carbocycles. The molecule has 0 fully saturated rings. The Kier molecular flexibility index (Phi) is 10.4. The Bertz CT molecular complexity index is 2450. The van der Waals surface area contributed by atoms with Crippen LogP contribution in [0.2, 0.25) is 0 Å². The molecule has 0 aliphatic rings. The van der Waals surface area contributed by atoms with Crippen LogP contribution >= 0.6 is 0 Å². The van der Waals surface area contributed by atoms with Gasteiger partial charge >= 0.3 is 35.3 Å². The standard InChI is InChI=1S/C11H8F4N3.C10H9N6.C9H6F3N4/c1-4(2)10-17-8(14)7(13)11-16-5(3)6(12)9(15)18(10)11;1-6(2)8-14-9(11-4)15-10-13-7(3)12-5-16(8)10;1-4(2)7-14-6(11)5(10)8-15-9(12)13-3-16(7)8/h1H2,2-3H3;5H,1H2,2-3H3;3H,1H2,2H3/q3*+1. The zero-order valence-corrected chi connectivity index (χ0v) is 26.7. The van der Waals surface area contributed by atoms with E-state index in [0.717, 1.165) is 23.2 Å². The van der Waals surface area contributed by atoms with Crippen molar-refractivity contribution in [3.05, 3.63) is 114 Å². The number of fused-ring (bicyclic) bond motifs is 3. The van der Waals surface area contributed by atoms with Gasteiger partial charge in [0, 0.05) is 23.6 Å². The first-order chi connectivity index (χ1) is 23.5. The Morgan fingerprint density at radius 2 is 1.18 bits per heavy atom. The third-order valence-corrected chi connectivity index (χ3v) is 6.21. The summed E-state index contributed by atoms with van der Waals surface area (Å²) in [5, 5.41) is 0. The highest BCUT2D eigenvalue weighted by Gasteiger charge is 2.29. The molecule has 0 radical (unpaired) electrons. The molecule has 0 amide bonds. The highest BCUT2D eigenvalue weighted by molar-refractivity contribution is 5.54. The molecule has 0 aliphatic heterocycles. The molecular formula is C30H23F7N13+3. The molecule has 254 valence electrons. The third-order valence-electron chi connectivity index (χ3n) is 6.21. The molecule has 0 atom stereocenters. The minimum absolute atomic E-state index is 0.0360. The van der Waals surface area contributed by atoms with Crippen molar-refractivity contribution in [3.8, 4) is 0 Å². The van der Waals surface area contributed by atoms with Crippen molar-refractivity contribution in [3.63, 3.8) is 0 Å². The van der Waals surface area contributed by atoms with Crippen molar-refractivity contribution in [2.24, 2.45) is 0 Å². The van der Waals surface area contributed by atoms with Crippen LogP contribution < -0.4 is 13.2 Å². The zero-order chi connectivity index (χ0) is 37.2. The largest absolute Gasteiger partial charge is 0.423 e. The first-order valence-corrected chi connectivity index (χ1v) is 13.8. The maximum absolute atomic E-state index is 13.8. The number of hydrogen-bond acceptors (Lipinski definition) is 9. The highest BCUT2D eigenvalue weighted by Crippen LogP contribution is 2.15. The van der Waals surface area contributed by atoms with Gasteiger partial charge in [-0.15, -0.1) is 35.9 Å². The van der Waals surface area contributed by atoms with Gasteiger partial charge in [-0.25, -0.2) is 0 Å². The lowest BCUT2D eigenvalue weighted by atomic mass is 10.3. The van der Waals surface area contributed by atoms with Crippen LogP contribution in [-0.2, 0) is 0 Å². The Morgan fingerprint density at radius 3 is 1.76 bits per heavy atom. The lowest BCUT2D eigenvalue weighted by Crippen LogP contribution is -2.37. The Labute approximate surface area is 277 Å². The van der Waals surface area contributed by atoms with Gasteiger partial charge in [-0.05, 0) is 27.7 Å². The van der Waals surface area contributed by atoms with Crippen molar-refractivity contribution in [2.45, 2.75) is 34.6 Å². The molecule has 20 heteroatoms. The van der Waals surface area contributed by atoms with Crippen LogP contribution in [0.1, 0.15) is 49.8 Å². The van der Waals surface area contributed by atoms with E-state index in [1.165, 1.54) is 6.92 Å². The number of nitrogens with zero attached hydrogens (tertiary/aromatic N) is 13. The smallest absolute Gasteiger partial charge is 0.405 e. The first kappa shape index (κ1) is 36.3. The van der Waals surface area contributed by atoms with E-state index in [2.05, 4.69) is 69.4 Å². The molecule has 6 aromatic rings. The van der Waals surface area contributed by atoms with Gasteiger partial charge in [0.05, 0.1) is 0 Å². The van der Waals surface area contributed by atoms with Crippen molar-refractivity contribution in [1.82, 2.24) is 44.9 Å². The molecule has 0 saturated heterocycles. The number of aryl methyl sites for hydroxylation is 2. The molecule has 6 rings (SSSR count). The third kappa shape index (κ3) is 7.15. The van der Waals surface area contributed by atoms with Crippen LogP contribution in [0.5, 0.6) is 0 Å². The molecular weight excluding hydrogens is 675 g/mol. The second-order valence-corrected chi connectivity index (χ2v) is 10.2. The quantitative estimate of drug-likeness (QED) is 0.116. The van der Waals surface area contributed by atoms with E-state index < -0.39 is 52.7 Å². The van der Waals surface area contributed by atoms with E-state index in [-0.39, 0.29) is 28.9 Å². The summed E-state index contributed by atoms with van der Waals surface area (Å²) in [5.41, 5.74) is -0.300. The summed E-state index contributed by atoms with van der Waals surface area (Å²) < 4.78 is 96.1. The fourth-order valence-corrected chi connectivity index (χ4v) is 4.00. The molecule has 0 aromatic carbocycles. The second kappa shape index (κ2) is 14.3. The predicted molar refractivity (Wildman–Crippen MR) is 159 cm³/mol. The monoisotopic (exact) mass is 698 g/mol.